The van der Waals surface area contributed by atoms with Crippen molar-refractivity contribution in [1.82, 2.24) is 15.1 Å². The number of benzene rings is 1. The van der Waals surface area contributed by atoms with Gasteiger partial charge in [0.05, 0.1) is 4.92 Å². The van der Waals surface area contributed by atoms with E-state index in [1.54, 1.807) is 11.0 Å². The third-order valence-electron chi connectivity index (χ3n) is 4.92. The summed E-state index contributed by atoms with van der Waals surface area (Å²) in [5, 5.41) is 19.6. The Morgan fingerprint density at radius 3 is 2.39 bits per heavy atom. The lowest BCUT2D eigenvalue weighted by molar-refractivity contribution is -0.384. The zero-order chi connectivity index (χ0) is 20.1. The highest BCUT2D eigenvalue weighted by Gasteiger charge is 2.24. The number of carbonyl (C=O) groups excluding carboxylic acids is 1. The first-order valence-corrected chi connectivity index (χ1v) is 9.40. The zero-order valence-corrected chi connectivity index (χ0v) is 16.1. The summed E-state index contributed by atoms with van der Waals surface area (Å²) in [6, 6.07) is 9.78. The van der Waals surface area contributed by atoms with E-state index in [-0.39, 0.29) is 11.6 Å². The van der Waals surface area contributed by atoms with Crippen molar-refractivity contribution >= 4 is 23.2 Å². The third-order valence-corrected chi connectivity index (χ3v) is 4.92. The number of aromatic nitrogens is 2. The van der Waals surface area contributed by atoms with E-state index >= 15 is 0 Å². The Morgan fingerprint density at radius 2 is 1.82 bits per heavy atom. The number of piperazine rings is 1. The Hall–Kier alpha value is -3.23. The summed E-state index contributed by atoms with van der Waals surface area (Å²) >= 11 is 0. The van der Waals surface area contributed by atoms with Gasteiger partial charge >= 0.3 is 0 Å². The monoisotopic (exact) mass is 384 g/mol. The third kappa shape index (κ3) is 4.19. The van der Waals surface area contributed by atoms with Gasteiger partial charge in [-0.15, -0.1) is 10.2 Å². The molecule has 0 radical (unpaired) electrons. The van der Waals surface area contributed by atoms with Crippen LogP contribution >= 0.6 is 0 Å². The van der Waals surface area contributed by atoms with Gasteiger partial charge in [0.15, 0.2) is 11.6 Å². The molecule has 0 atom stereocenters. The van der Waals surface area contributed by atoms with E-state index in [0.29, 0.717) is 31.7 Å². The van der Waals surface area contributed by atoms with Crippen molar-refractivity contribution in [1.29, 1.82) is 0 Å². The molecule has 0 bridgehead atoms. The molecule has 9 nitrogen and oxygen atoms in total. The van der Waals surface area contributed by atoms with Crippen molar-refractivity contribution in [3.63, 3.8) is 0 Å². The Bertz CT molecular complexity index is 830. The van der Waals surface area contributed by atoms with E-state index in [2.05, 4.69) is 33.8 Å². The van der Waals surface area contributed by atoms with Gasteiger partial charge < -0.3 is 14.7 Å². The fourth-order valence-corrected chi connectivity index (χ4v) is 3.28. The van der Waals surface area contributed by atoms with Crippen LogP contribution in [0.4, 0.5) is 17.3 Å². The van der Waals surface area contributed by atoms with Crippen molar-refractivity contribution in [3.05, 3.63) is 52.1 Å². The van der Waals surface area contributed by atoms with Crippen molar-refractivity contribution in [2.45, 2.75) is 13.8 Å². The number of rotatable bonds is 6. The molecule has 28 heavy (non-hydrogen) atoms. The molecule has 9 heteroatoms. The molecule has 3 rings (SSSR count). The fraction of sp³-hybridized carbons (Fsp3) is 0.421. The SMILES string of the molecule is CCN(CC)c1ccc(N2CCN(C(=O)c3cccc([N+](=O)[O-])c3)CC2)nn1. The van der Waals surface area contributed by atoms with Gasteiger partial charge in [-0.25, -0.2) is 0 Å². The average molecular weight is 384 g/mol. The molecular formula is C19H24N6O3. The maximum absolute atomic E-state index is 12.7. The minimum absolute atomic E-state index is 0.0759. The number of nitrogens with zero attached hydrogens (tertiary/aromatic N) is 6. The van der Waals surface area contributed by atoms with Crippen LogP contribution in [0.15, 0.2) is 36.4 Å². The molecule has 1 aromatic carbocycles. The molecule has 148 valence electrons. The second kappa shape index (κ2) is 8.64. The molecular weight excluding hydrogens is 360 g/mol. The molecule has 0 N–H and O–H groups in total. The Balaban J connectivity index is 1.62. The minimum atomic E-state index is -0.491. The van der Waals surface area contributed by atoms with E-state index in [0.717, 1.165) is 24.7 Å². The van der Waals surface area contributed by atoms with Crippen LogP contribution in [0, 0.1) is 10.1 Å². The molecule has 1 aliphatic rings. The standard InChI is InChI=1S/C19H24N6O3/c1-3-22(4-2)17-8-9-18(21-20-17)23-10-12-24(13-11-23)19(26)15-6-5-7-16(14-15)25(27)28/h5-9,14H,3-4,10-13H2,1-2H3. The van der Waals surface area contributed by atoms with Crippen LogP contribution in [0.1, 0.15) is 24.2 Å². The number of hydrogen-bond acceptors (Lipinski definition) is 7. The number of non-ortho nitro benzene ring substituents is 1. The number of carbonyl (C=O) groups is 1. The highest BCUT2D eigenvalue weighted by atomic mass is 16.6. The normalized spacial score (nSPS) is 14.1. The summed E-state index contributed by atoms with van der Waals surface area (Å²) in [5.41, 5.74) is 0.263. The summed E-state index contributed by atoms with van der Waals surface area (Å²) < 4.78 is 0. The molecule has 0 spiro atoms. The van der Waals surface area contributed by atoms with Crippen molar-refractivity contribution in [3.8, 4) is 0 Å². The maximum Gasteiger partial charge on any atom is 0.270 e. The van der Waals surface area contributed by atoms with Crippen molar-refractivity contribution in [2.75, 3.05) is 49.1 Å². The quantitative estimate of drug-likeness (QED) is 0.556. The van der Waals surface area contributed by atoms with Gasteiger partial charge in [0.25, 0.3) is 11.6 Å². The van der Waals surface area contributed by atoms with Gasteiger partial charge in [0.2, 0.25) is 0 Å². The molecule has 0 unspecified atom stereocenters. The van der Waals surface area contributed by atoms with Crippen molar-refractivity contribution < 1.29 is 9.72 Å². The minimum Gasteiger partial charge on any atom is -0.356 e. The second-order valence-electron chi connectivity index (χ2n) is 6.51. The van der Waals surface area contributed by atoms with E-state index in [4.69, 9.17) is 0 Å². The first-order valence-electron chi connectivity index (χ1n) is 9.40. The molecule has 1 amide bonds. The molecule has 2 aromatic rings. The topological polar surface area (TPSA) is 95.7 Å². The van der Waals surface area contributed by atoms with Gasteiger partial charge in [0, 0.05) is 57.0 Å². The first-order chi connectivity index (χ1) is 13.5. The number of nitro groups is 1. The molecule has 2 heterocycles. The summed E-state index contributed by atoms with van der Waals surface area (Å²) in [6.45, 7) is 8.25. The lowest BCUT2D eigenvalue weighted by atomic mass is 10.1. The summed E-state index contributed by atoms with van der Waals surface area (Å²) in [5.74, 6) is 1.46. The maximum atomic E-state index is 12.7. The lowest BCUT2D eigenvalue weighted by Crippen LogP contribution is -2.49. The van der Waals surface area contributed by atoms with Crippen LogP contribution in [0.25, 0.3) is 0 Å². The molecule has 1 aromatic heterocycles. The molecule has 0 aliphatic carbocycles. The van der Waals surface area contributed by atoms with Crippen molar-refractivity contribution in [2.24, 2.45) is 0 Å². The van der Waals surface area contributed by atoms with Crippen LogP contribution in [0.2, 0.25) is 0 Å². The highest BCUT2D eigenvalue weighted by Crippen LogP contribution is 2.19. The van der Waals surface area contributed by atoms with E-state index in [1.165, 1.54) is 18.2 Å². The Kier molecular flexibility index (Phi) is 6.03. The van der Waals surface area contributed by atoms with Gasteiger partial charge in [-0.1, -0.05) is 6.07 Å². The summed E-state index contributed by atoms with van der Waals surface area (Å²) in [4.78, 5) is 29.0. The number of anilines is 2. The summed E-state index contributed by atoms with van der Waals surface area (Å²) in [7, 11) is 0. The largest absolute Gasteiger partial charge is 0.356 e. The molecule has 1 aliphatic heterocycles. The van der Waals surface area contributed by atoms with Gasteiger partial charge in [-0.2, -0.15) is 0 Å². The van der Waals surface area contributed by atoms with Crippen LogP contribution in [0.5, 0.6) is 0 Å². The average Bonchev–Trinajstić information content (AvgIpc) is 2.75. The predicted molar refractivity (Wildman–Crippen MR) is 107 cm³/mol. The molecule has 1 saturated heterocycles. The van der Waals surface area contributed by atoms with Gasteiger partial charge in [-0.05, 0) is 32.0 Å². The highest BCUT2D eigenvalue weighted by molar-refractivity contribution is 5.95. The van der Waals surface area contributed by atoms with E-state index in [1.807, 2.05) is 12.1 Å². The Labute approximate surface area is 163 Å². The number of nitro benzene ring substituents is 1. The van der Waals surface area contributed by atoms with Crippen LogP contribution in [-0.2, 0) is 0 Å². The van der Waals surface area contributed by atoms with E-state index in [9.17, 15) is 14.9 Å². The predicted octanol–water partition coefficient (Wildman–Crippen LogP) is 2.19. The second-order valence-corrected chi connectivity index (χ2v) is 6.51. The summed E-state index contributed by atoms with van der Waals surface area (Å²) in [6.07, 6.45) is 0. The smallest absolute Gasteiger partial charge is 0.270 e. The number of amides is 1. The number of hydrogen-bond donors (Lipinski definition) is 0. The fourth-order valence-electron chi connectivity index (χ4n) is 3.28. The van der Waals surface area contributed by atoms with E-state index < -0.39 is 4.92 Å². The first kappa shape index (κ1) is 19.5. The molecule has 0 saturated carbocycles. The Morgan fingerprint density at radius 1 is 1.11 bits per heavy atom. The lowest BCUT2D eigenvalue weighted by Gasteiger charge is -2.35. The van der Waals surface area contributed by atoms with Crippen LogP contribution in [0.3, 0.4) is 0 Å². The zero-order valence-electron chi connectivity index (χ0n) is 16.1. The van der Waals surface area contributed by atoms with Crippen LogP contribution in [-0.4, -0.2) is 65.2 Å². The van der Waals surface area contributed by atoms with Gasteiger partial charge in [-0.3, -0.25) is 14.9 Å². The molecule has 1 fully saturated rings. The van der Waals surface area contributed by atoms with Gasteiger partial charge in [0.1, 0.15) is 0 Å². The van der Waals surface area contributed by atoms with Crippen LogP contribution < -0.4 is 9.80 Å².